The van der Waals surface area contributed by atoms with Crippen molar-refractivity contribution in [1.29, 1.82) is 0 Å². The number of nitro benzene ring substituents is 1. The predicted molar refractivity (Wildman–Crippen MR) is 96.4 cm³/mol. The van der Waals surface area contributed by atoms with Crippen LogP contribution >= 0.6 is 0 Å². The molecule has 1 amide bonds. The zero-order valence-electron chi connectivity index (χ0n) is 14.2. The Morgan fingerprint density at radius 3 is 2.48 bits per heavy atom. The summed E-state index contributed by atoms with van der Waals surface area (Å²) in [5.41, 5.74) is -0.307. The normalized spacial score (nSPS) is 18.2. The SMILES string of the molecule is O=C(c1ccccc1[N+](=O)[O-])N(Cc1ccccc1F)C1CCS(=O)(=O)C1. The van der Waals surface area contributed by atoms with E-state index in [0.717, 1.165) is 0 Å². The van der Waals surface area contributed by atoms with E-state index < -0.39 is 32.5 Å². The third-order valence-corrected chi connectivity index (χ3v) is 6.29. The number of amides is 1. The topological polar surface area (TPSA) is 97.6 Å². The first-order valence-corrected chi connectivity index (χ1v) is 10.1. The van der Waals surface area contributed by atoms with Crippen molar-refractivity contribution in [2.75, 3.05) is 11.5 Å². The molecule has 1 aliphatic heterocycles. The van der Waals surface area contributed by atoms with Gasteiger partial charge >= 0.3 is 0 Å². The van der Waals surface area contributed by atoms with Gasteiger partial charge in [-0.1, -0.05) is 30.3 Å². The second kappa shape index (κ2) is 7.43. The summed E-state index contributed by atoms with van der Waals surface area (Å²) in [5, 5.41) is 11.3. The van der Waals surface area contributed by atoms with Crippen LogP contribution in [0.5, 0.6) is 0 Å². The monoisotopic (exact) mass is 392 g/mol. The van der Waals surface area contributed by atoms with E-state index in [-0.39, 0.29) is 41.3 Å². The largest absolute Gasteiger partial charge is 0.330 e. The lowest BCUT2D eigenvalue weighted by molar-refractivity contribution is -0.385. The number of benzene rings is 2. The van der Waals surface area contributed by atoms with Crippen LogP contribution in [0.4, 0.5) is 10.1 Å². The Bertz CT molecular complexity index is 993. The van der Waals surface area contributed by atoms with Gasteiger partial charge in [0.1, 0.15) is 11.4 Å². The Hall–Kier alpha value is -2.81. The minimum absolute atomic E-state index is 0.0738. The number of carbonyl (C=O) groups excluding carboxylic acids is 1. The zero-order valence-corrected chi connectivity index (χ0v) is 15.1. The first-order valence-electron chi connectivity index (χ1n) is 8.27. The minimum Gasteiger partial charge on any atom is -0.330 e. The summed E-state index contributed by atoms with van der Waals surface area (Å²) in [4.78, 5) is 24.9. The van der Waals surface area contributed by atoms with Crippen molar-refractivity contribution in [2.24, 2.45) is 0 Å². The highest BCUT2D eigenvalue weighted by Gasteiger charge is 2.37. The number of halogens is 1. The van der Waals surface area contributed by atoms with Gasteiger partial charge in [-0.25, -0.2) is 12.8 Å². The van der Waals surface area contributed by atoms with Crippen LogP contribution in [0.15, 0.2) is 48.5 Å². The van der Waals surface area contributed by atoms with Gasteiger partial charge in [0.05, 0.1) is 16.4 Å². The van der Waals surface area contributed by atoms with Crippen molar-refractivity contribution < 1.29 is 22.5 Å². The molecule has 1 atom stereocenters. The standard InChI is InChI=1S/C18H17FN2O5S/c19-16-7-3-1-5-13(16)11-20(14-9-10-27(25,26)12-14)18(22)15-6-2-4-8-17(15)21(23)24/h1-8,14H,9-12H2. The number of carbonyl (C=O) groups is 1. The van der Waals surface area contributed by atoms with E-state index in [4.69, 9.17) is 0 Å². The quantitative estimate of drug-likeness (QED) is 0.575. The van der Waals surface area contributed by atoms with Crippen molar-refractivity contribution in [3.63, 3.8) is 0 Å². The molecule has 0 bridgehead atoms. The van der Waals surface area contributed by atoms with Crippen LogP contribution < -0.4 is 0 Å². The number of nitrogens with zero attached hydrogens (tertiary/aromatic N) is 2. The zero-order chi connectivity index (χ0) is 19.6. The molecule has 0 saturated carbocycles. The van der Waals surface area contributed by atoms with Gasteiger partial charge in [-0.3, -0.25) is 14.9 Å². The number of nitro groups is 1. The maximum absolute atomic E-state index is 14.1. The molecule has 2 aromatic rings. The number of sulfone groups is 1. The van der Waals surface area contributed by atoms with E-state index in [1.54, 1.807) is 6.07 Å². The van der Waals surface area contributed by atoms with Gasteiger partial charge in [0.2, 0.25) is 0 Å². The van der Waals surface area contributed by atoms with E-state index in [1.807, 2.05) is 0 Å². The lowest BCUT2D eigenvalue weighted by atomic mass is 10.1. The number of hydrogen-bond acceptors (Lipinski definition) is 5. The molecule has 1 unspecified atom stereocenters. The summed E-state index contributed by atoms with van der Waals surface area (Å²) in [7, 11) is -3.31. The van der Waals surface area contributed by atoms with E-state index in [2.05, 4.69) is 0 Å². The molecule has 1 aliphatic rings. The average Bonchev–Trinajstić information content (AvgIpc) is 3.00. The summed E-state index contributed by atoms with van der Waals surface area (Å²) in [6.07, 6.45) is 0.211. The molecule has 1 saturated heterocycles. The highest BCUT2D eigenvalue weighted by molar-refractivity contribution is 7.91. The molecule has 1 heterocycles. The molecule has 7 nitrogen and oxygen atoms in total. The van der Waals surface area contributed by atoms with E-state index in [0.29, 0.717) is 0 Å². The molecule has 27 heavy (non-hydrogen) atoms. The summed E-state index contributed by atoms with van der Waals surface area (Å²) in [6.45, 7) is -0.169. The predicted octanol–water partition coefficient (Wildman–Crippen LogP) is 2.56. The maximum atomic E-state index is 14.1. The van der Waals surface area contributed by atoms with E-state index in [1.165, 1.54) is 47.4 Å². The van der Waals surface area contributed by atoms with Gasteiger partial charge < -0.3 is 4.90 Å². The van der Waals surface area contributed by atoms with Gasteiger partial charge in [-0.05, 0) is 18.6 Å². The minimum atomic E-state index is -3.31. The Morgan fingerprint density at radius 2 is 1.85 bits per heavy atom. The van der Waals surface area contributed by atoms with Gasteiger partial charge in [-0.2, -0.15) is 0 Å². The number of para-hydroxylation sites is 1. The van der Waals surface area contributed by atoms with Crippen molar-refractivity contribution in [3.05, 3.63) is 75.6 Å². The van der Waals surface area contributed by atoms with Crippen molar-refractivity contribution in [1.82, 2.24) is 4.90 Å². The molecule has 0 aromatic heterocycles. The van der Waals surface area contributed by atoms with Crippen molar-refractivity contribution >= 4 is 21.4 Å². The molecule has 3 rings (SSSR count). The molecule has 142 valence electrons. The molecule has 0 N–H and O–H groups in total. The summed E-state index contributed by atoms with van der Waals surface area (Å²) in [6, 6.07) is 10.7. The Balaban J connectivity index is 2.01. The fourth-order valence-electron chi connectivity index (χ4n) is 3.17. The van der Waals surface area contributed by atoms with E-state index >= 15 is 0 Å². The summed E-state index contributed by atoms with van der Waals surface area (Å²) in [5.74, 6) is -1.53. The molecular weight excluding hydrogens is 375 g/mol. The molecule has 1 fully saturated rings. The molecule has 0 spiro atoms. The van der Waals surface area contributed by atoms with Crippen LogP contribution in [-0.4, -0.2) is 41.7 Å². The number of rotatable bonds is 5. The highest BCUT2D eigenvalue weighted by atomic mass is 32.2. The molecule has 0 aliphatic carbocycles. The lowest BCUT2D eigenvalue weighted by Crippen LogP contribution is -2.41. The summed E-state index contributed by atoms with van der Waals surface area (Å²) >= 11 is 0. The summed E-state index contributed by atoms with van der Waals surface area (Å²) < 4.78 is 37.9. The molecular formula is C18H17FN2O5S. The Kier molecular flexibility index (Phi) is 5.22. The highest BCUT2D eigenvalue weighted by Crippen LogP contribution is 2.26. The van der Waals surface area contributed by atoms with Crippen molar-refractivity contribution in [2.45, 2.75) is 19.0 Å². The molecule has 2 aromatic carbocycles. The Labute approximate surface area is 155 Å². The van der Waals surface area contributed by atoms with E-state index in [9.17, 15) is 27.7 Å². The average molecular weight is 392 g/mol. The first-order chi connectivity index (χ1) is 12.8. The second-order valence-electron chi connectivity index (χ2n) is 6.36. The van der Waals surface area contributed by atoms with Gasteiger partial charge in [0.15, 0.2) is 9.84 Å². The smallest absolute Gasteiger partial charge is 0.282 e. The Morgan fingerprint density at radius 1 is 1.19 bits per heavy atom. The van der Waals surface area contributed by atoms with Crippen LogP contribution in [0.25, 0.3) is 0 Å². The fourth-order valence-corrected chi connectivity index (χ4v) is 4.90. The van der Waals surface area contributed by atoms with Crippen LogP contribution in [0, 0.1) is 15.9 Å². The number of hydrogen-bond donors (Lipinski definition) is 0. The third kappa shape index (κ3) is 4.13. The maximum Gasteiger partial charge on any atom is 0.282 e. The molecule has 9 heteroatoms. The van der Waals surface area contributed by atoms with Crippen molar-refractivity contribution in [3.8, 4) is 0 Å². The van der Waals surface area contributed by atoms with Crippen LogP contribution in [-0.2, 0) is 16.4 Å². The van der Waals surface area contributed by atoms with Gasteiger partial charge in [0.25, 0.3) is 11.6 Å². The molecule has 0 radical (unpaired) electrons. The van der Waals surface area contributed by atoms with Crippen LogP contribution in [0.3, 0.4) is 0 Å². The first kappa shape index (κ1) is 19.0. The van der Waals surface area contributed by atoms with Gasteiger partial charge in [-0.15, -0.1) is 0 Å². The van der Waals surface area contributed by atoms with Crippen LogP contribution in [0.2, 0.25) is 0 Å². The fraction of sp³-hybridized carbons (Fsp3) is 0.278. The van der Waals surface area contributed by atoms with Crippen LogP contribution in [0.1, 0.15) is 22.3 Å². The van der Waals surface area contributed by atoms with Gasteiger partial charge in [0, 0.05) is 24.2 Å². The lowest BCUT2D eigenvalue weighted by Gasteiger charge is -2.28. The third-order valence-electron chi connectivity index (χ3n) is 4.54. The second-order valence-corrected chi connectivity index (χ2v) is 8.58.